The molecule has 1 aromatic rings. The van der Waals surface area contributed by atoms with Crippen molar-refractivity contribution < 1.29 is 4.74 Å². The van der Waals surface area contributed by atoms with Crippen LogP contribution >= 0.6 is 11.6 Å². The molecule has 1 aliphatic rings. The van der Waals surface area contributed by atoms with Crippen LogP contribution in [0.4, 0.5) is 0 Å². The van der Waals surface area contributed by atoms with Crippen LogP contribution in [0.25, 0.3) is 0 Å². The number of hydrogen-bond donors (Lipinski definition) is 1. The molecule has 1 saturated carbocycles. The molecule has 1 aromatic carbocycles. The van der Waals surface area contributed by atoms with Crippen molar-refractivity contribution in [3.05, 3.63) is 40.9 Å². The number of ether oxygens (including phenoxy) is 1. The van der Waals surface area contributed by atoms with Crippen LogP contribution in [0.15, 0.2) is 30.4 Å². The Labute approximate surface area is 107 Å². The van der Waals surface area contributed by atoms with Gasteiger partial charge in [0.25, 0.3) is 0 Å². The summed E-state index contributed by atoms with van der Waals surface area (Å²) in [6, 6.07) is 5.92. The van der Waals surface area contributed by atoms with E-state index in [-0.39, 0.29) is 5.41 Å². The van der Waals surface area contributed by atoms with Crippen molar-refractivity contribution >= 4 is 11.6 Å². The van der Waals surface area contributed by atoms with Crippen LogP contribution in [0.1, 0.15) is 25.3 Å². The van der Waals surface area contributed by atoms with Gasteiger partial charge < -0.3 is 10.5 Å². The van der Waals surface area contributed by atoms with Crippen LogP contribution in [-0.4, -0.2) is 13.2 Å². The monoisotopic (exact) mass is 251 g/mol. The first-order valence-corrected chi connectivity index (χ1v) is 6.23. The molecule has 0 saturated heterocycles. The summed E-state index contributed by atoms with van der Waals surface area (Å²) in [7, 11) is 0. The smallest absolute Gasteiger partial charge is 0.138 e. The summed E-state index contributed by atoms with van der Waals surface area (Å²) in [6.07, 6.45) is 2.24. The first kappa shape index (κ1) is 12.5. The molecule has 0 aliphatic heterocycles. The standard InChI is InChI=1S/C14H18ClNO/c1-10(2)8-17-12-5-3-4-11(13(12)15)14(9-16)6-7-14/h3-5H,1,6-9,16H2,2H3. The van der Waals surface area contributed by atoms with Gasteiger partial charge >= 0.3 is 0 Å². The Kier molecular flexibility index (Phi) is 3.45. The summed E-state index contributed by atoms with van der Waals surface area (Å²) < 4.78 is 5.63. The first-order chi connectivity index (χ1) is 8.09. The zero-order chi connectivity index (χ0) is 12.5. The first-order valence-electron chi connectivity index (χ1n) is 5.85. The maximum atomic E-state index is 6.39. The maximum absolute atomic E-state index is 6.39. The molecule has 2 rings (SSSR count). The van der Waals surface area contributed by atoms with E-state index in [1.165, 1.54) is 0 Å². The molecule has 0 bridgehead atoms. The largest absolute Gasteiger partial charge is 0.488 e. The van der Waals surface area contributed by atoms with E-state index in [4.69, 9.17) is 22.1 Å². The van der Waals surface area contributed by atoms with E-state index >= 15 is 0 Å². The maximum Gasteiger partial charge on any atom is 0.138 e. The molecule has 0 heterocycles. The highest BCUT2D eigenvalue weighted by Crippen LogP contribution is 2.51. The molecule has 92 valence electrons. The van der Waals surface area contributed by atoms with Gasteiger partial charge in [-0.2, -0.15) is 0 Å². The van der Waals surface area contributed by atoms with E-state index in [1.54, 1.807) is 0 Å². The van der Waals surface area contributed by atoms with Crippen LogP contribution < -0.4 is 10.5 Å². The van der Waals surface area contributed by atoms with Gasteiger partial charge in [-0.25, -0.2) is 0 Å². The van der Waals surface area contributed by atoms with Gasteiger partial charge in [-0.05, 0) is 37.0 Å². The average molecular weight is 252 g/mol. The minimum atomic E-state index is 0.0969. The van der Waals surface area contributed by atoms with Gasteiger partial charge in [-0.15, -0.1) is 0 Å². The van der Waals surface area contributed by atoms with Crippen LogP contribution in [0.5, 0.6) is 5.75 Å². The highest BCUT2D eigenvalue weighted by molar-refractivity contribution is 6.33. The van der Waals surface area contributed by atoms with E-state index in [1.807, 2.05) is 19.1 Å². The molecule has 0 aromatic heterocycles. The Hall–Kier alpha value is -0.990. The second kappa shape index (κ2) is 4.71. The number of nitrogens with two attached hydrogens (primary N) is 1. The average Bonchev–Trinajstić information content (AvgIpc) is 3.08. The Bertz CT molecular complexity index is 438. The highest BCUT2D eigenvalue weighted by atomic mass is 35.5. The minimum Gasteiger partial charge on any atom is -0.488 e. The number of hydrogen-bond acceptors (Lipinski definition) is 2. The Morgan fingerprint density at radius 2 is 2.24 bits per heavy atom. The predicted molar refractivity (Wildman–Crippen MR) is 71.7 cm³/mol. The van der Waals surface area contributed by atoms with Gasteiger partial charge in [0.2, 0.25) is 0 Å². The van der Waals surface area contributed by atoms with E-state index in [0.29, 0.717) is 18.2 Å². The van der Waals surface area contributed by atoms with E-state index in [2.05, 4.69) is 12.6 Å². The number of benzene rings is 1. The molecule has 2 N–H and O–H groups in total. The molecule has 0 spiro atoms. The molecule has 0 amide bonds. The summed E-state index contributed by atoms with van der Waals surface area (Å²) in [5, 5.41) is 0.705. The zero-order valence-electron chi connectivity index (χ0n) is 10.1. The fourth-order valence-corrected chi connectivity index (χ4v) is 2.35. The minimum absolute atomic E-state index is 0.0969. The molecular weight excluding hydrogens is 234 g/mol. The van der Waals surface area contributed by atoms with Gasteiger partial charge in [0.15, 0.2) is 0 Å². The Morgan fingerprint density at radius 3 is 2.76 bits per heavy atom. The van der Waals surface area contributed by atoms with Gasteiger partial charge in [0.05, 0.1) is 5.02 Å². The van der Waals surface area contributed by atoms with Crippen molar-refractivity contribution in [2.24, 2.45) is 5.73 Å². The fourth-order valence-electron chi connectivity index (χ4n) is 1.97. The third kappa shape index (κ3) is 2.48. The quantitative estimate of drug-likeness (QED) is 0.815. The predicted octanol–water partition coefficient (Wildman–Crippen LogP) is 3.29. The lowest BCUT2D eigenvalue weighted by molar-refractivity contribution is 0.352. The van der Waals surface area contributed by atoms with E-state index in [9.17, 15) is 0 Å². The second-order valence-corrected chi connectivity index (χ2v) is 5.23. The molecule has 0 radical (unpaired) electrons. The molecule has 2 nitrogen and oxygen atoms in total. The van der Waals surface area contributed by atoms with Crippen molar-refractivity contribution in [3.63, 3.8) is 0 Å². The zero-order valence-corrected chi connectivity index (χ0v) is 10.9. The third-order valence-electron chi connectivity index (χ3n) is 3.25. The van der Waals surface area contributed by atoms with Crippen molar-refractivity contribution in [1.29, 1.82) is 0 Å². The highest BCUT2D eigenvalue weighted by Gasteiger charge is 2.44. The van der Waals surface area contributed by atoms with Crippen LogP contribution in [-0.2, 0) is 5.41 Å². The molecule has 0 unspecified atom stereocenters. The van der Waals surface area contributed by atoms with Gasteiger partial charge in [-0.3, -0.25) is 0 Å². The van der Waals surface area contributed by atoms with Gasteiger partial charge in [0, 0.05) is 12.0 Å². The number of halogens is 1. The summed E-state index contributed by atoms with van der Waals surface area (Å²) in [4.78, 5) is 0. The van der Waals surface area contributed by atoms with Crippen molar-refractivity contribution in [1.82, 2.24) is 0 Å². The van der Waals surface area contributed by atoms with Crippen molar-refractivity contribution in [3.8, 4) is 5.75 Å². The summed E-state index contributed by atoms with van der Waals surface area (Å²) in [5.74, 6) is 0.729. The van der Waals surface area contributed by atoms with Crippen molar-refractivity contribution in [2.45, 2.75) is 25.2 Å². The lowest BCUT2D eigenvalue weighted by atomic mass is 9.96. The normalized spacial score (nSPS) is 16.6. The Balaban J connectivity index is 2.24. The lowest BCUT2D eigenvalue weighted by Gasteiger charge is -2.17. The molecule has 17 heavy (non-hydrogen) atoms. The lowest BCUT2D eigenvalue weighted by Crippen LogP contribution is -2.20. The van der Waals surface area contributed by atoms with Crippen LogP contribution in [0.3, 0.4) is 0 Å². The molecule has 0 atom stereocenters. The van der Waals surface area contributed by atoms with E-state index in [0.717, 1.165) is 29.7 Å². The molecule has 3 heteroatoms. The van der Waals surface area contributed by atoms with Crippen LogP contribution in [0, 0.1) is 0 Å². The van der Waals surface area contributed by atoms with Gasteiger partial charge in [0.1, 0.15) is 12.4 Å². The molecule has 1 aliphatic carbocycles. The third-order valence-corrected chi connectivity index (χ3v) is 3.64. The Morgan fingerprint density at radius 1 is 1.53 bits per heavy atom. The summed E-state index contributed by atoms with van der Waals surface area (Å²) in [5.41, 5.74) is 8.03. The fraction of sp³-hybridized carbons (Fsp3) is 0.429. The summed E-state index contributed by atoms with van der Waals surface area (Å²) in [6.45, 7) is 6.89. The van der Waals surface area contributed by atoms with Crippen molar-refractivity contribution in [2.75, 3.05) is 13.2 Å². The topological polar surface area (TPSA) is 35.2 Å². The summed E-state index contributed by atoms with van der Waals surface area (Å²) >= 11 is 6.39. The van der Waals surface area contributed by atoms with Crippen LogP contribution in [0.2, 0.25) is 5.02 Å². The number of rotatable bonds is 5. The van der Waals surface area contributed by atoms with E-state index < -0.39 is 0 Å². The second-order valence-electron chi connectivity index (χ2n) is 4.85. The van der Waals surface area contributed by atoms with Gasteiger partial charge in [-0.1, -0.05) is 30.3 Å². The SMILES string of the molecule is C=C(C)COc1cccc(C2(CN)CC2)c1Cl. The molecule has 1 fully saturated rings. The molecular formula is C14H18ClNO.